The molecule has 0 aromatic carbocycles. The van der Waals surface area contributed by atoms with Gasteiger partial charge in [0.05, 0.1) is 6.04 Å². The standard InChI is InChI=1S/C12H26N2O/c1-5-8-14(9-6-2)12(15)11(13)10(4)7-3/h10-11H,5-9,13H2,1-4H3. The summed E-state index contributed by atoms with van der Waals surface area (Å²) in [4.78, 5) is 13.9. The fourth-order valence-corrected chi connectivity index (χ4v) is 1.58. The van der Waals surface area contributed by atoms with Gasteiger partial charge in [-0.25, -0.2) is 0 Å². The minimum atomic E-state index is -0.326. The van der Waals surface area contributed by atoms with Crippen LogP contribution >= 0.6 is 0 Å². The summed E-state index contributed by atoms with van der Waals surface area (Å²) in [5.41, 5.74) is 5.94. The first kappa shape index (κ1) is 14.4. The van der Waals surface area contributed by atoms with Crippen LogP contribution in [-0.2, 0) is 4.79 Å². The molecule has 0 aliphatic carbocycles. The Morgan fingerprint density at radius 2 is 1.67 bits per heavy atom. The van der Waals surface area contributed by atoms with Crippen LogP contribution in [0.1, 0.15) is 47.0 Å². The maximum Gasteiger partial charge on any atom is 0.239 e. The summed E-state index contributed by atoms with van der Waals surface area (Å²) >= 11 is 0. The molecule has 0 aliphatic rings. The van der Waals surface area contributed by atoms with E-state index in [1.54, 1.807) is 0 Å². The van der Waals surface area contributed by atoms with Gasteiger partial charge in [-0.2, -0.15) is 0 Å². The molecule has 0 saturated heterocycles. The normalized spacial score (nSPS) is 14.7. The average molecular weight is 214 g/mol. The van der Waals surface area contributed by atoms with Crippen LogP contribution in [0.15, 0.2) is 0 Å². The summed E-state index contributed by atoms with van der Waals surface area (Å²) in [7, 11) is 0. The predicted octanol–water partition coefficient (Wildman–Crippen LogP) is 2.01. The van der Waals surface area contributed by atoms with Gasteiger partial charge < -0.3 is 10.6 Å². The third-order valence-electron chi connectivity index (χ3n) is 2.84. The van der Waals surface area contributed by atoms with E-state index < -0.39 is 0 Å². The number of rotatable bonds is 7. The molecule has 2 unspecified atom stereocenters. The molecule has 2 atom stereocenters. The summed E-state index contributed by atoms with van der Waals surface area (Å²) in [5, 5.41) is 0. The number of amides is 1. The number of hydrogen-bond donors (Lipinski definition) is 1. The zero-order chi connectivity index (χ0) is 11.8. The molecular formula is C12H26N2O. The second-order valence-corrected chi connectivity index (χ2v) is 4.24. The molecule has 0 heterocycles. The number of nitrogens with two attached hydrogens (primary N) is 1. The summed E-state index contributed by atoms with van der Waals surface area (Å²) in [6.07, 6.45) is 2.96. The van der Waals surface area contributed by atoms with Gasteiger partial charge in [0.2, 0.25) is 5.91 Å². The molecule has 0 aliphatic heterocycles. The molecule has 0 fully saturated rings. The predicted molar refractivity (Wildman–Crippen MR) is 64.6 cm³/mol. The van der Waals surface area contributed by atoms with E-state index in [4.69, 9.17) is 5.73 Å². The molecule has 2 N–H and O–H groups in total. The molecular weight excluding hydrogens is 188 g/mol. The molecule has 3 heteroatoms. The van der Waals surface area contributed by atoms with Crippen molar-refractivity contribution in [1.29, 1.82) is 0 Å². The number of carbonyl (C=O) groups excluding carboxylic acids is 1. The van der Waals surface area contributed by atoms with Crippen molar-refractivity contribution in [3.05, 3.63) is 0 Å². The maximum absolute atomic E-state index is 12.0. The Morgan fingerprint density at radius 3 is 2.00 bits per heavy atom. The lowest BCUT2D eigenvalue weighted by Crippen LogP contribution is -2.47. The summed E-state index contributed by atoms with van der Waals surface area (Å²) < 4.78 is 0. The Morgan fingerprint density at radius 1 is 1.20 bits per heavy atom. The first-order chi connectivity index (χ1) is 7.08. The SMILES string of the molecule is CCCN(CCC)C(=O)C(N)C(C)CC. The second-order valence-electron chi connectivity index (χ2n) is 4.24. The fraction of sp³-hybridized carbons (Fsp3) is 0.917. The van der Waals surface area contributed by atoms with Gasteiger partial charge in [-0.15, -0.1) is 0 Å². The molecule has 0 spiro atoms. The third-order valence-corrected chi connectivity index (χ3v) is 2.84. The number of carbonyl (C=O) groups is 1. The van der Waals surface area contributed by atoms with E-state index in [9.17, 15) is 4.79 Å². The molecule has 1 amide bonds. The zero-order valence-electron chi connectivity index (χ0n) is 10.6. The minimum absolute atomic E-state index is 0.119. The molecule has 0 aromatic heterocycles. The van der Waals surface area contributed by atoms with E-state index in [1.807, 2.05) is 11.8 Å². The van der Waals surface area contributed by atoms with E-state index in [0.717, 1.165) is 32.4 Å². The van der Waals surface area contributed by atoms with E-state index in [-0.39, 0.29) is 17.9 Å². The van der Waals surface area contributed by atoms with E-state index >= 15 is 0 Å². The molecule has 3 nitrogen and oxygen atoms in total. The molecule has 0 aromatic rings. The first-order valence-corrected chi connectivity index (χ1v) is 6.12. The quantitative estimate of drug-likeness (QED) is 0.704. The highest BCUT2D eigenvalue weighted by atomic mass is 16.2. The van der Waals surface area contributed by atoms with E-state index in [0.29, 0.717) is 0 Å². The van der Waals surface area contributed by atoms with Gasteiger partial charge in [-0.05, 0) is 18.8 Å². The lowest BCUT2D eigenvalue weighted by atomic mass is 9.99. The molecule has 15 heavy (non-hydrogen) atoms. The van der Waals surface area contributed by atoms with Crippen molar-refractivity contribution in [2.24, 2.45) is 11.7 Å². The van der Waals surface area contributed by atoms with E-state index in [1.165, 1.54) is 0 Å². The Balaban J connectivity index is 4.33. The highest BCUT2D eigenvalue weighted by Gasteiger charge is 2.23. The smallest absolute Gasteiger partial charge is 0.239 e. The third kappa shape index (κ3) is 4.65. The van der Waals surface area contributed by atoms with Crippen molar-refractivity contribution in [1.82, 2.24) is 4.90 Å². The van der Waals surface area contributed by atoms with Gasteiger partial charge in [0.1, 0.15) is 0 Å². The van der Waals surface area contributed by atoms with Gasteiger partial charge in [-0.3, -0.25) is 4.79 Å². The van der Waals surface area contributed by atoms with Crippen LogP contribution in [-0.4, -0.2) is 29.9 Å². The highest BCUT2D eigenvalue weighted by molar-refractivity contribution is 5.81. The van der Waals surface area contributed by atoms with Crippen LogP contribution in [0.25, 0.3) is 0 Å². The number of hydrogen-bond acceptors (Lipinski definition) is 2. The molecule has 0 rings (SSSR count). The van der Waals surface area contributed by atoms with Gasteiger partial charge in [0, 0.05) is 13.1 Å². The maximum atomic E-state index is 12.0. The Bertz CT molecular complexity index is 176. The monoisotopic (exact) mass is 214 g/mol. The average Bonchev–Trinajstić information content (AvgIpc) is 2.25. The number of nitrogens with zero attached hydrogens (tertiary/aromatic N) is 1. The van der Waals surface area contributed by atoms with Crippen LogP contribution in [0.2, 0.25) is 0 Å². The van der Waals surface area contributed by atoms with Gasteiger partial charge in [-0.1, -0.05) is 34.1 Å². The van der Waals surface area contributed by atoms with Crippen molar-refractivity contribution in [2.45, 2.75) is 53.0 Å². The molecule has 0 bridgehead atoms. The van der Waals surface area contributed by atoms with Crippen molar-refractivity contribution in [3.63, 3.8) is 0 Å². The van der Waals surface area contributed by atoms with E-state index in [2.05, 4.69) is 20.8 Å². The van der Waals surface area contributed by atoms with Gasteiger partial charge in [0.15, 0.2) is 0 Å². The van der Waals surface area contributed by atoms with Crippen LogP contribution in [0.5, 0.6) is 0 Å². The lowest BCUT2D eigenvalue weighted by Gasteiger charge is -2.27. The van der Waals surface area contributed by atoms with Crippen LogP contribution in [0.3, 0.4) is 0 Å². The van der Waals surface area contributed by atoms with Crippen LogP contribution in [0, 0.1) is 5.92 Å². The minimum Gasteiger partial charge on any atom is -0.341 e. The summed E-state index contributed by atoms with van der Waals surface area (Å²) in [6.45, 7) is 9.95. The van der Waals surface area contributed by atoms with Crippen LogP contribution < -0.4 is 5.73 Å². The largest absolute Gasteiger partial charge is 0.341 e. The lowest BCUT2D eigenvalue weighted by molar-refractivity contribution is -0.133. The molecule has 0 radical (unpaired) electrons. The molecule has 0 saturated carbocycles. The zero-order valence-corrected chi connectivity index (χ0v) is 10.6. The Kier molecular flexibility index (Phi) is 7.39. The fourth-order valence-electron chi connectivity index (χ4n) is 1.58. The van der Waals surface area contributed by atoms with Gasteiger partial charge >= 0.3 is 0 Å². The second kappa shape index (κ2) is 7.69. The topological polar surface area (TPSA) is 46.3 Å². The first-order valence-electron chi connectivity index (χ1n) is 6.12. The van der Waals surface area contributed by atoms with Gasteiger partial charge in [0.25, 0.3) is 0 Å². The summed E-state index contributed by atoms with van der Waals surface area (Å²) in [5.74, 6) is 0.391. The molecule has 90 valence electrons. The van der Waals surface area contributed by atoms with Crippen LogP contribution in [0.4, 0.5) is 0 Å². The van der Waals surface area contributed by atoms with Crippen molar-refractivity contribution in [3.8, 4) is 0 Å². The Hall–Kier alpha value is -0.570. The van der Waals surface area contributed by atoms with Crippen molar-refractivity contribution >= 4 is 5.91 Å². The highest BCUT2D eigenvalue weighted by Crippen LogP contribution is 2.09. The van der Waals surface area contributed by atoms with Crippen molar-refractivity contribution < 1.29 is 4.79 Å². The summed E-state index contributed by atoms with van der Waals surface area (Å²) in [6, 6.07) is -0.326. The Labute approximate surface area is 94.0 Å². The van der Waals surface area contributed by atoms with Crippen molar-refractivity contribution in [2.75, 3.05) is 13.1 Å².